The lowest BCUT2D eigenvalue weighted by Crippen LogP contribution is -2.30. The number of carbonyl (C=O) groups excluding carboxylic acids is 3. The highest BCUT2D eigenvalue weighted by molar-refractivity contribution is 5.71. The standard InChI is InChI=1S/C59H104O6/c1-4-7-10-13-16-19-22-25-26-27-28-29-30-31-32-35-37-40-43-46-49-52-58(61)64-55-56(65-59(62)53-50-47-44-41-38-34-24-21-18-15-12-9-6-3)54-63-57(60)51-48-45-42-39-36-33-23-20-17-14-11-8-5-2/h9,12,18,21,27-28,34,38,44,47,56H,4-8,10-11,13-17,19-20,22-26,29-33,35-37,39-43,45-46,48-55H2,1-3H3/b12-9-,21-18-,28-27-,38-34-,47-44-. The molecular weight excluding hydrogens is 805 g/mol. The number of esters is 3. The molecule has 0 radical (unpaired) electrons. The predicted octanol–water partition coefficient (Wildman–Crippen LogP) is 18.4. The summed E-state index contributed by atoms with van der Waals surface area (Å²) in [7, 11) is 0. The fourth-order valence-corrected chi connectivity index (χ4v) is 7.86. The van der Waals surface area contributed by atoms with Crippen LogP contribution in [0.4, 0.5) is 0 Å². The van der Waals surface area contributed by atoms with Crippen molar-refractivity contribution in [3.63, 3.8) is 0 Å². The van der Waals surface area contributed by atoms with Gasteiger partial charge in [0.05, 0.1) is 0 Å². The maximum absolute atomic E-state index is 12.8. The van der Waals surface area contributed by atoms with Gasteiger partial charge in [0.25, 0.3) is 0 Å². The summed E-state index contributed by atoms with van der Waals surface area (Å²) >= 11 is 0. The van der Waals surface area contributed by atoms with E-state index in [1.54, 1.807) is 0 Å². The van der Waals surface area contributed by atoms with Crippen molar-refractivity contribution in [2.24, 2.45) is 0 Å². The molecule has 0 spiro atoms. The molecule has 376 valence electrons. The summed E-state index contributed by atoms with van der Waals surface area (Å²) in [5, 5.41) is 0. The van der Waals surface area contributed by atoms with Crippen LogP contribution >= 0.6 is 0 Å². The first-order valence-electron chi connectivity index (χ1n) is 27.8. The van der Waals surface area contributed by atoms with Gasteiger partial charge < -0.3 is 14.2 Å². The van der Waals surface area contributed by atoms with E-state index in [1.165, 1.54) is 167 Å². The van der Waals surface area contributed by atoms with Gasteiger partial charge in [-0.1, -0.05) is 248 Å². The van der Waals surface area contributed by atoms with Crippen LogP contribution in [0.25, 0.3) is 0 Å². The van der Waals surface area contributed by atoms with Gasteiger partial charge in [0.1, 0.15) is 13.2 Å². The highest BCUT2D eigenvalue weighted by Gasteiger charge is 2.19. The largest absolute Gasteiger partial charge is 0.462 e. The third kappa shape index (κ3) is 51.9. The fraction of sp³-hybridized carbons (Fsp3) is 0.780. The van der Waals surface area contributed by atoms with Gasteiger partial charge >= 0.3 is 17.9 Å². The zero-order valence-corrected chi connectivity index (χ0v) is 43.0. The molecular formula is C59H104O6. The van der Waals surface area contributed by atoms with E-state index >= 15 is 0 Å². The van der Waals surface area contributed by atoms with Crippen LogP contribution in [0, 0.1) is 0 Å². The maximum atomic E-state index is 12.8. The molecule has 0 aromatic rings. The minimum atomic E-state index is -0.810. The molecule has 0 saturated heterocycles. The van der Waals surface area contributed by atoms with Crippen molar-refractivity contribution in [3.05, 3.63) is 60.8 Å². The molecule has 0 aliphatic rings. The van der Waals surface area contributed by atoms with E-state index in [1.807, 2.05) is 6.08 Å². The van der Waals surface area contributed by atoms with Crippen molar-refractivity contribution in [1.29, 1.82) is 0 Å². The van der Waals surface area contributed by atoms with Gasteiger partial charge in [-0.15, -0.1) is 0 Å². The van der Waals surface area contributed by atoms with E-state index < -0.39 is 6.10 Å². The van der Waals surface area contributed by atoms with E-state index in [4.69, 9.17) is 14.2 Å². The number of ether oxygens (including phenoxy) is 3. The van der Waals surface area contributed by atoms with E-state index in [9.17, 15) is 14.4 Å². The van der Waals surface area contributed by atoms with Crippen molar-refractivity contribution in [2.45, 2.75) is 284 Å². The Kier molecular flexibility index (Phi) is 51.3. The normalized spacial score (nSPS) is 12.5. The Balaban J connectivity index is 4.35. The summed E-state index contributed by atoms with van der Waals surface area (Å²) in [6.45, 7) is 6.48. The van der Waals surface area contributed by atoms with Gasteiger partial charge in [-0.3, -0.25) is 14.4 Å². The first kappa shape index (κ1) is 62.1. The Bertz CT molecular complexity index is 1180. The number of hydrogen-bond donors (Lipinski definition) is 0. The van der Waals surface area contributed by atoms with E-state index in [0.717, 1.165) is 64.2 Å². The molecule has 0 saturated carbocycles. The molecule has 0 bridgehead atoms. The summed E-state index contributed by atoms with van der Waals surface area (Å²) in [5.74, 6) is -0.977. The molecule has 0 heterocycles. The molecule has 0 aromatic carbocycles. The molecule has 0 fully saturated rings. The molecule has 65 heavy (non-hydrogen) atoms. The number of unbranched alkanes of at least 4 members (excludes halogenated alkanes) is 29. The van der Waals surface area contributed by atoms with Crippen LogP contribution in [0.15, 0.2) is 60.8 Å². The Labute approximate surface area is 402 Å². The molecule has 0 amide bonds. The third-order valence-corrected chi connectivity index (χ3v) is 12.0. The van der Waals surface area contributed by atoms with E-state index in [2.05, 4.69) is 75.5 Å². The number of carbonyl (C=O) groups is 3. The summed E-state index contributed by atoms with van der Waals surface area (Å²) in [6.07, 6.45) is 66.6. The molecule has 6 nitrogen and oxygen atoms in total. The Morgan fingerprint density at radius 1 is 0.323 bits per heavy atom. The van der Waals surface area contributed by atoms with Gasteiger partial charge in [-0.25, -0.2) is 0 Å². The Morgan fingerprint density at radius 2 is 0.631 bits per heavy atom. The summed E-state index contributed by atoms with van der Waals surface area (Å²) in [4.78, 5) is 38.0. The zero-order valence-electron chi connectivity index (χ0n) is 43.0. The Morgan fingerprint density at radius 3 is 1.00 bits per heavy atom. The van der Waals surface area contributed by atoms with Crippen molar-refractivity contribution in [1.82, 2.24) is 0 Å². The van der Waals surface area contributed by atoms with Gasteiger partial charge in [0, 0.05) is 19.3 Å². The fourth-order valence-electron chi connectivity index (χ4n) is 7.86. The van der Waals surface area contributed by atoms with Gasteiger partial charge in [0.2, 0.25) is 0 Å². The summed E-state index contributed by atoms with van der Waals surface area (Å²) < 4.78 is 16.8. The second-order valence-electron chi connectivity index (χ2n) is 18.5. The summed E-state index contributed by atoms with van der Waals surface area (Å²) in [5.41, 5.74) is 0. The molecule has 0 N–H and O–H groups in total. The third-order valence-electron chi connectivity index (χ3n) is 12.0. The summed E-state index contributed by atoms with van der Waals surface area (Å²) in [6, 6.07) is 0. The van der Waals surface area contributed by atoms with E-state index in [0.29, 0.717) is 19.3 Å². The highest BCUT2D eigenvalue weighted by atomic mass is 16.6. The first-order valence-corrected chi connectivity index (χ1v) is 27.8. The first-order chi connectivity index (χ1) is 32.0. The monoisotopic (exact) mass is 909 g/mol. The van der Waals surface area contributed by atoms with Gasteiger partial charge in [0.15, 0.2) is 6.10 Å². The molecule has 1 atom stereocenters. The van der Waals surface area contributed by atoms with Crippen molar-refractivity contribution in [2.75, 3.05) is 13.2 Å². The molecule has 0 aromatic heterocycles. The van der Waals surface area contributed by atoms with Crippen molar-refractivity contribution >= 4 is 17.9 Å². The van der Waals surface area contributed by atoms with Crippen LogP contribution in [0.1, 0.15) is 278 Å². The highest BCUT2D eigenvalue weighted by Crippen LogP contribution is 2.16. The average molecular weight is 909 g/mol. The van der Waals surface area contributed by atoms with Gasteiger partial charge in [-0.05, 0) is 70.6 Å². The topological polar surface area (TPSA) is 78.9 Å². The minimum Gasteiger partial charge on any atom is -0.462 e. The van der Waals surface area contributed by atoms with Crippen LogP contribution < -0.4 is 0 Å². The van der Waals surface area contributed by atoms with Crippen LogP contribution in [-0.4, -0.2) is 37.2 Å². The lowest BCUT2D eigenvalue weighted by atomic mass is 10.0. The molecule has 6 heteroatoms. The van der Waals surface area contributed by atoms with Crippen molar-refractivity contribution < 1.29 is 28.6 Å². The second-order valence-corrected chi connectivity index (χ2v) is 18.5. The quantitative estimate of drug-likeness (QED) is 0.0262. The van der Waals surface area contributed by atoms with Crippen LogP contribution in [0.5, 0.6) is 0 Å². The predicted molar refractivity (Wildman–Crippen MR) is 279 cm³/mol. The maximum Gasteiger partial charge on any atom is 0.306 e. The second kappa shape index (κ2) is 53.7. The molecule has 1 unspecified atom stereocenters. The zero-order chi connectivity index (χ0) is 47.2. The molecule has 0 rings (SSSR count). The lowest BCUT2D eigenvalue weighted by Gasteiger charge is -2.18. The Hall–Kier alpha value is -2.89. The smallest absolute Gasteiger partial charge is 0.306 e. The molecule has 0 aliphatic heterocycles. The SMILES string of the molecule is CC/C=C\C/C=C\C/C=C\C/C=C\CCC(=O)OC(COC(=O)CCCCCCCCCCC/C=C\CCCCCCCCCC)COC(=O)CCCCCCCCCCCCCCC. The van der Waals surface area contributed by atoms with Crippen LogP contribution in [0.2, 0.25) is 0 Å². The van der Waals surface area contributed by atoms with E-state index in [-0.39, 0.29) is 37.5 Å². The lowest BCUT2D eigenvalue weighted by molar-refractivity contribution is -0.166. The number of rotatable bonds is 50. The van der Waals surface area contributed by atoms with Gasteiger partial charge in [-0.2, -0.15) is 0 Å². The molecule has 0 aliphatic carbocycles. The minimum absolute atomic E-state index is 0.101. The van der Waals surface area contributed by atoms with Crippen molar-refractivity contribution in [3.8, 4) is 0 Å². The van der Waals surface area contributed by atoms with Crippen LogP contribution in [0.3, 0.4) is 0 Å². The van der Waals surface area contributed by atoms with Crippen LogP contribution in [-0.2, 0) is 28.6 Å². The average Bonchev–Trinajstić information content (AvgIpc) is 3.30. The number of allylic oxidation sites excluding steroid dienone is 10. The number of hydrogen-bond acceptors (Lipinski definition) is 6.